The molecule has 0 unspecified atom stereocenters. The average molecular weight is 452 g/mol. The van der Waals surface area contributed by atoms with E-state index in [2.05, 4.69) is 25.6 Å². The Morgan fingerprint density at radius 2 is 2.03 bits per heavy atom. The summed E-state index contributed by atoms with van der Waals surface area (Å²) in [4.78, 5) is 27.3. The molecule has 1 aliphatic rings. The Bertz CT molecular complexity index is 1070. The summed E-state index contributed by atoms with van der Waals surface area (Å²) in [5.41, 5.74) is 1.96. The van der Waals surface area contributed by atoms with Crippen molar-refractivity contribution in [1.82, 2.24) is 30.2 Å². The van der Waals surface area contributed by atoms with Gasteiger partial charge in [0.05, 0.1) is 6.54 Å². The predicted molar refractivity (Wildman–Crippen MR) is 124 cm³/mol. The highest BCUT2D eigenvalue weighted by atomic mass is 16.6. The van der Waals surface area contributed by atoms with Crippen LogP contribution in [-0.4, -0.2) is 65.3 Å². The van der Waals surface area contributed by atoms with Gasteiger partial charge in [0, 0.05) is 44.3 Å². The Labute approximate surface area is 193 Å². The van der Waals surface area contributed by atoms with Crippen molar-refractivity contribution in [3.63, 3.8) is 0 Å². The molecule has 33 heavy (non-hydrogen) atoms. The Hall–Kier alpha value is -3.66. The lowest BCUT2D eigenvalue weighted by Gasteiger charge is -2.24. The summed E-state index contributed by atoms with van der Waals surface area (Å²) in [6.45, 7) is 5.49. The van der Waals surface area contributed by atoms with Crippen LogP contribution >= 0.6 is 0 Å². The monoisotopic (exact) mass is 451 g/mol. The van der Waals surface area contributed by atoms with Crippen molar-refractivity contribution in [3.05, 3.63) is 54.2 Å². The van der Waals surface area contributed by atoms with Crippen LogP contribution in [0.25, 0.3) is 5.95 Å². The van der Waals surface area contributed by atoms with E-state index in [1.165, 1.54) is 0 Å². The first-order valence-electron chi connectivity index (χ1n) is 11.0. The van der Waals surface area contributed by atoms with Crippen LogP contribution in [0.5, 0.6) is 11.5 Å². The van der Waals surface area contributed by atoms with Gasteiger partial charge in [-0.25, -0.2) is 9.97 Å². The molecule has 1 aromatic carbocycles. The summed E-state index contributed by atoms with van der Waals surface area (Å²) in [6.07, 6.45) is 5.97. The smallest absolute Gasteiger partial charge is 0.239 e. The maximum atomic E-state index is 12.1. The fourth-order valence-corrected chi connectivity index (χ4v) is 3.54. The number of hydrogen-bond acceptors (Lipinski definition) is 8. The number of hydrogen-bond donors (Lipinski definition) is 2. The van der Waals surface area contributed by atoms with Crippen LogP contribution in [0.4, 0.5) is 5.82 Å². The van der Waals surface area contributed by atoms with E-state index in [1.807, 2.05) is 36.1 Å². The topological polar surface area (TPSA) is 106 Å². The van der Waals surface area contributed by atoms with Crippen molar-refractivity contribution in [2.24, 2.45) is 0 Å². The van der Waals surface area contributed by atoms with Crippen molar-refractivity contribution in [1.29, 1.82) is 0 Å². The van der Waals surface area contributed by atoms with Gasteiger partial charge < -0.3 is 25.0 Å². The minimum absolute atomic E-state index is 0.0697. The number of fused-ring (bicyclic) bond motifs is 1. The lowest BCUT2D eigenvalue weighted by atomic mass is 10.2. The summed E-state index contributed by atoms with van der Waals surface area (Å²) >= 11 is 0. The summed E-state index contributed by atoms with van der Waals surface area (Å²) in [6, 6.07) is 7.90. The van der Waals surface area contributed by atoms with Crippen LogP contribution in [0.1, 0.15) is 17.7 Å². The molecule has 4 rings (SSSR count). The first-order chi connectivity index (χ1) is 16.1. The molecule has 0 fully saturated rings. The van der Waals surface area contributed by atoms with Crippen molar-refractivity contribution in [2.75, 3.05) is 44.8 Å². The highest BCUT2D eigenvalue weighted by Crippen LogP contribution is 2.30. The molecule has 174 valence electrons. The molecular formula is C23H29N7O3. The highest BCUT2D eigenvalue weighted by Gasteiger charge is 2.15. The van der Waals surface area contributed by atoms with E-state index < -0.39 is 0 Å². The normalized spacial score (nSPS) is 12.4. The summed E-state index contributed by atoms with van der Waals surface area (Å²) < 4.78 is 13.0. The third-order valence-electron chi connectivity index (χ3n) is 5.22. The standard InChI is InChI=1S/C23H29N7O3/c1-17-12-21(28-23(27-17)30-9-7-26-16-30)29(15-22(31)24-2)8-3-6-25-14-18-4-5-19-20(13-18)33-11-10-32-19/h4-5,7,9,12-13,16,25H,3,6,8,10-11,14-15H2,1-2H3,(H,24,31). The zero-order chi connectivity index (χ0) is 23.0. The fraction of sp³-hybridized carbons (Fsp3) is 0.391. The number of nitrogens with one attached hydrogen (secondary N) is 2. The van der Waals surface area contributed by atoms with E-state index in [4.69, 9.17) is 9.47 Å². The van der Waals surface area contributed by atoms with E-state index in [1.54, 1.807) is 30.3 Å². The molecule has 0 bridgehead atoms. The zero-order valence-corrected chi connectivity index (χ0v) is 19.0. The molecular weight excluding hydrogens is 422 g/mol. The maximum absolute atomic E-state index is 12.1. The maximum Gasteiger partial charge on any atom is 0.239 e. The molecule has 1 amide bonds. The molecule has 0 saturated carbocycles. The van der Waals surface area contributed by atoms with Gasteiger partial charge in [-0.15, -0.1) is 0 Å². The molecule has 10 heteroatoms. The minimum atomic E-state index is -0.0697. The molecule has 10 nitrogen and oxygen atoms in total. The molecule has 0 aliphatic carbocycles. The van der Waals surface area contributed by atoms with Crippen molar-refractivity contribution >= 4 is 11.7 Å². The Morgan fingerprint density at radius 1 is 1.18 bits per heavy atom. The van der Waals surface area contributed by atoms with Gasteiger partial charge in [0.1, 0.15) is 25.4 Å². The van der Waals surface area contributed by atoms with E-state index in [0.717, 1.165) is 42.3 Å². The van der Waals surface area contributed by atoms with E-state index in [-0.39, 0.29) is 12.5 Å². The second-order valence-corrected chi connectivity index (χ2v) is 7.74. The lowest BCUT2D eigenvalue weighted by Crippen LogP contribution is -2.37. The molecule has 0 atom stereocenters. The third kappa shape index (κ3) is 5.98. The van der Waals surface area contributed by atoms with Crippen molar-refractivity contribution < 1.29 is 14.3 Å². The number of imidazole rings is 1. The average Bonchev–Trinajstić information content (AvgIpc) is 3.37. The Balaban J connectivity index is 1.36. The number of carbonyl (C=O) groups is 1. The minimum Gasteiger partial charge on any atom is -0.486 e. The zero-order valence-electron chi connectivity index (χ0n) is 19.0. The first kappa shape index (κ1) is 22.5. The number of nitrogens with zero attached hydrogens (tertiary/aromatic N) is 5. The summed E-state index contributed by atoms with van der Waals surface area (Å²) in [5.74, 6) is 2.76. The molecule has 2 N–H and O–H groups in total. The second kappa shape index (κ2) is 10.8. The molecule has 3 heterocycles. The van der Waals surface area contributed by atoms with Crippen LogP contribution in [0.15, 0.2) is 43.0 Å². The summed E-state index contributed by atoms with van der Waals surface area (Å²) in [7, 11) is 1.64. The van der Waals surface area contributed by atoms with Crippen LogP contribution < -0.4 is 25.0 Å². The number of aryl methyl sites for hydroxylation is 1. The molecule has 2 aromatic heterocycles. The largest absolute Gasteiger partial charge is 0.486 e. The number of rotatable bonds is 10. The number of anilines is 1. The fourth-order valence-electron chi connectivity index (χ4n) is 3.54. The number of carbonyl (C=O) groups excluding carboxylic acids is 1. The number of likely N-dealkylation sites (N-methyl/N-ethyl adjacent to an activating group) is 1. The van der Waals surface area contributed by atoms with Gasteiger partial charge in [-0.2, -0.15) is 4.98 Å². The molecule has 0 radical (unpaired) electrons. The van der Waals surface area contributed by atoms with Crippen LogP contribution in [0, 0.1) is 6.92 Å². The Kier molecular flexibility index (Phi) is 7.36. The molecule has 0 spiro atoms. The van der Waals surface area contributed by atoms with Crippen molar-refractivity contribution in [2.45, 2.75) is 19.9 Å². The van der Waals surface area contributed by atoms with Gasteiger partial charge in [-0.3, -0.25) is 9.36 Å². The molecule has 0 saturated heterocycles. The van der Waals surface area contributed by atoms with Gasteiger partial charge in [0.15, 0.2) is 11.5 Å². The second-order valence-electron chi connectivity index (χ2n) is 7.74. The lowest BCUT2D eigenvalue weighted by molar-refractivity contribution is -0.119. The van der Waals surface area contributed by atoms with Gasteiger partial charge >= 0.3 is 0 Å². The number of aromatic nitrogens is 4. The SMILES string of the molecule is CNC(=O)CN(CCCNCc1ccc2c(c1)OCCO2)c1cc(C)nc(-n2ccnc2)n1. The van der Waals surface area contributed by atoms with Gasteiger partial charge in [0.25, 0.3) is 0 Å². The quantitative estimate of drug-likeness (QED) is 0.447. The molecule has 1 aliphatic heterocycles. The number of amides is 1. The van der Waals surface area contributed by atoms with Crippen LogP contribution in [0.3, 0.4) is 0 Å². The number of benzene rings is 1. The highest BCUT2D eigenvalue weighted by molar-refractivity contribution is 5.80. The third-order valence-corrected chi connectivity index (χ3v) is 5.22. The van der Waals surface area contributed by atoms with E-state index >= 15 is 0 Å². The van der Waals surface area contributed by atoms with Crippen molar-refractivity contribution in [3.8, 4) is 17.4 Å². The van der Waals surface area contributed by atoms with Crippen LogP contribution in [-0.2, 0) is 11.3 Å². The van der Waals surface area contributed by atoms with Gasteiger partial charge in [0.2, 0.25) is 11.9 Å². The predicted octanol–water partition coefficient (Wildman–Crippen LogP) is 1.47. The van der Waals surface area contributed by atoms with E-state index in [9.17, 15) is 4.79 Å². The van der Waals surface area contributed by atoms with Crippen LogP contribution in [0.2, 0.25) is 0 Å². The summed E-state index contributed by atoms with van der Waals surface area (Å²) in [5, 5.41) is 6.15. The Morgan fingerprint density at radius 3 is 2.82 bits per heavy atom. The van der Waals surface area contributed by atoms with Gasteiger partial charge in [-0.05, 0) is 37.6 Å². The molecule has 3 aromatic rings. The van der Waals surface area contributed by atoms with Gasteiger partial charge in [-0.1, -0.05) is 6.07 Å². The first-order valence-corrected chi connectivity index (χ1v) is 11.0. The number of ether oxygens (including phenoxy) is 2. The van der Waals surface area contributed by atoms with E-state index in [0.29, 0.717) is 31.5 Å².